The number of aliphatic hydroxyl groups excluding tert-OH is 1. The van der Waals surface area contributed by atoms with Gasteiger partial charge in [0.1, 0.15) is 0 Å². The van der Waals surface area contributed by atoms with Crippen molar-refractivity contribution in [1.29, 1.82) is 0 Å². The van der Waals surface area contributed by atoms with Crippen molar-refractivity contribution in [3.8, 4) is 0 Å². The van der Waals surface area contributed by atoms with E-state index in [4.69, 9.17) is 4.43 Å². The van der Waals surface area contributed by atoms with E-state index >= 15 is 0 Å². The quantitative estimate of drug-likeness (QED) is 0.503. The molecule has 0 fully saturated rings. The minimum atomic E-state index is -1.57. The van der Waals surface area contributed by atoms with Crippen LogP contribution in [0.4, 0.5) is 0 Å². The highest BCUT2D eigenvalue weighted by Gasteiger charge is 2.34. The molecule has 0 saturated heterocycles. The van der Waals surface area contributed by atoms with Crippen molar-refractivity contribution in [2.24, 2.45) is 11.8 Å². The van der Waals surface area contributed by atoms with Gasteiger partial charge in [0.25, 0.3) is 0 Å². The van der Waals surface area contributed by atoms with Gasteiger partial charge in [-0.05, 0) is 25.1 Å². The molecule has 0 heterocycles. The van der Waals surface area contributed by atoms with E-state index in [0.717, 1.165) is 18.1 Å². The summed E-state index contributed by atoms with van der Waals surface area (Å²) >= 11 is 0. The van der Waals surface area contributed by atoms with Crippen LogP contribution in [-0.2, 0) is 4.43 Å². The lowest BCUT2D eigenvalue weighted by Crippen LogP contribution is -2.44. The minimum Gasteiger partial charge on any atom is -0.414 e. The van der Waals surface area contributed by atoms with Crippen molar-refractivity contribution in [2.45, 2.75) is 71.9 Å². The molecular formula is C15H32O2Si. The molecule has 0 bridgehead atoms. The molecule has 0 aromatic carbocycles. The fourth-order valence-electron chi connectivity index (χ4n) is 2.40. The molecule has 18 heavy (non-hydrogen) atoms. The van der Waals surface area contributed by atoms with Gasteiger partial charge in [0, 0.05) is 17.9 Å². The van der Waals surface area contributed by atoms with Gasteiger partial charge in [0.2, 0.25) is 0 Å². The molecule has 3 heteroatoms. The van der Waals surface area contributed by atoms with Crippen LogP contribution in [0.1, 0.15) is 41.5 Å². The first-order valence-corrected chi connectivity index (χ1v) is 9.88. The highest BCUT2D eigenvalue weighted by atomic mass is 28.4. The van der Waals surface area contributed by atoms with Gasteiger partial charge in [-0.1, -0.05) is 40.7 Å². The molecule has 4 atom stereocenters. The van der Waals surface area contributed by atoms with Gasteiger partial charge in [0.05, 0.1) is 6.10 Å². The smallest absolute Gasteiger partial charge is 0.192 e. The highest BCUT2D eigenvalue weighted by molar-refractivity contribution is 6.73. The van der Waals surface area contributed by atoms with Crippen LogP contribution in [0.25, 0.3) is 0 Å². The summed E-state index contributed by atoms with van der Waals surface area (Å²) in [5.74, 6) is 0.265. The number of aliphatic hydroxyl groups is 1. The molecule has 0 spiro atoms. The average Bonchev–Trinajstić information content (AvgIpc) is 2.42. The number of rotatable bonds is 9. The van der Waals surface area contributed by atoms with Crippen LogP contribution in [0.5, 0.6) is 0 Å². The van der Waals surface area contributed by atoms with Crippen LogP contribution in [0.15, 0.2) is 12.7 Å². The van der Waals surface area contributed by atoms with Crippen LogP contribution < -0.4 is 0 Å². The van der Waals surface area contributed by atoms with E-state index in [0.29, 0.717) is 0 Å². The van der Waals surface area contributed by atoms with E-state index in [-0.39, 0.29) is 24.0 Å². The molecule has 0 aliphatic rings. The summed E-state index contributed by atoms with van der Waals surface area (Å²) < 4.78 is 6.41. The second-order valence-electron chi connectivity index (χ2n) is 5.51. The maximum Gasteiger partial charge on any atom is 0.192 e. The fraction of sp³-hybridized carbons (Fsp3) is 0.867. The summed E-state index contributed by atoms with van der Waals surface area (Å²) in [4.78, 5) is 0. The van der Waals surface area contributed by atoms with Gasteiger partial charge >= 0.3 is 0 Å². The normalized spacial score (nSPS) is 19.1. The van der Waals surface area contributed by atoms with Crippen LogP contribution in [0, 0.1) is 11.8 Å². The second kappa shape index (κ2) is 8.13. The van der Waals surface area contributed by atoms with Crippen molar-refractivity contribution in [3.63, 3.8) is 0 Å². The van der Waals surface area contributed by atoms with E-state index < -0.39 is 8.32 Å². The Morgan fingerprint density at radius 1 is 1.11 bits per heavy atom. The largest absolute Gasteiger partial charge is 0.414 e. The Morgan fingerprint density at radius 3 is 1.89 bits per heavy atom. The van der Waals surface area contributed by atoms with Gasteiger partial charge in [-0.2, -0.15) is 0 Å². The second-order valence-corrected chi connectivity index (χ2v) is 10.2. The van der Waals surface area contributed by atoms with Crippen LogP contribution >= 0.6 is 0 Å². The lowest BCUT2D eigenvalue weighted by Gasteiger charge is -2.36. The number of hydrogen-bond donors (Lipinski definition) is 1. The zero-order valence-electron chi connectivity index (χ0n) is 13.1. The summed E-state index contributed by atoms with van der Waals surface area (Å²) in [6.07, 6.45) is 1.57. The maximum absolute atomic E-state index is 10.2. The van der Waals surface area contributed by atoms with Gasteiger partial charge < -0.3 is 9.53 Å². The van der Waals surface area contributed by atoms with Gasteiger partial charge in [-0.15, -0.1) is 6.58 Å². The van der Waals surface area contributed by atoms with Crippen molar-refractivity contribution < 1.29 is 9.53 Å². The van der Waals surface area contributed by atoms with Crippen LogP contribution in [0.2, 0.25) is 18.1 Å². The van der Waals surface area contributed by atoms with Crippen molar-refractivity contribution >= 4 is 8.32 Å². The Hall–Kier alpha value is -0.123. The molecule has 0 unspecified atom stereocenters. The van der Waals surface area contributed by atoms with Crippen molar-refractivity contribution in [1.82, 2.24) is 0 Å². The molecule has 0 aromatic heterocycles. The molecule has 0 aliphatic heterocycles. The lowest BCUT2D eigenvalue weighted by molar-refractivity contribution is 0.0185. The third-order valence-corrected chi connectivity index (χ3v) is 9.30. The summed E-state index contributed by atoms with van der Waals surface area (Å²) in [5, 5.41) is 10.2. The van der Waals surface area contributed by atoms with E-state index in [9.17, 15) is 5.11 Å². The molecule has 0 amide bonds. The average molecular weight is 273 g/mol. The Kier molecular flexibility index (Phi) is 8.07. The van der Waals surface area contributed by atoms with E-state index in [1.165, 1.54) is 0 Å². The fourth-order valence-corrected chi connectivity index (χ4v) is 5.40. The summed E-state index contributed by atoms with van der Waals surface area (Å²) in [6, 6.07) is 3.47. The Balaban J connectivity index is 4.64. The Morgan fingerprint density at radius 2 is 1.56 bits per heavy atom. The lowest BCUT2D eigenvalue weighted by atomic mass is 9.90. The highest BCUT2D eigenvalue weighted by Crippen LogP contribution is 2.28. The predicted molar refractivity (Wildman–Crippen MR) is 82.3 cm³/mol. The van der Waals surface area contributed by atoms with Crippen LogP contribution in [0.3, 0.4) is 0 Å². The monoisotopic (exact) mass is 272 g/mol. The van der Waals surface area contributed by atoms with Crippen molar-refractivity contribution in [2.75, 3.05) is 0 Å². The zero-order valence-corrected chi connectivity index (χ0v) is 14.1. The SMILES string of the molecule is C=C[C@@H](C)[C@@H](O)[C@H](C)[C@@H](C)O[Si](CC)(CC)CC. The van der Waals surface area contributed by atoms with Gasteiger partial charge in [-0.25, -0.2) is 0 Å². The molecule has 0 radical (unpaired) electrons. The first kappa shape index (κ1) is 17.9. The Labute approximate surface area is 115 Å². The number of hydrogen-bond acceptors (Lipinski definition) is 2. The van der Waals surface area contributed by atoms with Crippen molar-refractivity contribution in [3.05, 3.63) is 12.7 Å². The molecule has 0 aromatic rings. The Bertz CT molecular complexity index is 230. The molecule has 1 N–H and O–H groups in total. The molecule has 0 rings (SSSR count). The maximum atomic E-state index is 10.2. The molecule has 0 aliphatic carbocycles. The molecular weight excluding hydrogens is 240 g/mol. The van der Waals surface area contributed by atoms with E-state index in [1.807, 2.05) is 13.0 Å². The predicted octanol–water partition coefficient (Wildman–Crippen LogP) is 4.22. The third-order valence-electron chi connectivity index (χ3n) is 4.56. The summed E-state index contributed by atoms with van der Waals surface area (Å²) in [5.41, 5.74) is 0. The topological polar surface area (TPSA) is 29.5 Å². The first-order chi connectivity index (χ1) is 8.37. The minimum absolute atomic E-state index is 0.118. The zero-order chi connectivity index (χ0) is 14.3. The third kappa shape index (κ3) is 4.52. The van der Waals surface area contributed by atoms with E-state index in [1.54, 1.807) is 0 Å². The first-order valence-electron chi connectivity index (χ1n) is 7.35. The standard InChI is InChI=1S/C15H32O2Si/c1-8-12(5)15(16)13(6)14(7)17-18(9-2,10-3)11-4/h8,12-16H,1,9-11H2,2-7H3/t12-,13-,14-,15-/m1/s1. The van der Waals surface area contributed by atoms with E-state index in [2.05, 4.69) is 41.2 Å². The summed E-state index contributed by atoms with van der Waals surface area (Å²) in [6.45, 7) is 16.6. The summed E-state index contributed by atoms with van der Waals surface area (Å²) in [7, 11) is -1.57. The van der Waals surface area contributed by atoms with Gasteiger partial charge in [0.15, 0.2) is 8.32 Å². The van der Waals surface area contributed by atoms with Gasteiger partial charge in [-0.3, -0.25) is 0 Å². The molecule has 2 nitrogen and oxygen atoms in total. The molecule has 108 valence electrons. The van der Waals surface area contributed by atoms with Crippen LogP contribution in [-0.4, -0.2) is 25.6 Å². The molecule has 0 saturated carbocycles.